The number of primary sulfonamides is 1. The lowest BCUT2D eigenvalue weighted by Crippen LogP contribution is -2.17. The molecular formula is C14H23NO2S. The Morgan fingerprint density at radius 3 is 1.72 bits per heavy atom. The molecule has 0 heterocycles. The van der Waals surface area contributed by atoms with Gasteiger partial charge in [0.1, 0.15) is 0 Å². The lowest BCUT2D eigenvalue weighted by molar-refractivity contribution is 0.596. The van der Waals surface area contributed by atoms with E-state index in [0.29, 0.717) is 11.3 Å². The van der Waals surface area contributed by atoms with E-state index in [1.807, 2.05) is 13.8 Å². The molecule has 0 aliphatic heterocycles. The molecule has 18 heavy (non-hydrogen) atoms. The zero-order valence-electron chi connectivity index (χ0n) is 11.7. The summed E-state index contributed by atoms with van der Waals surface area (Å²) in [6.45, 7) is 8.21. The molecule has 1 rings (SSSR count). The van der Waals surface area contributed by atoms with Crippen molar-refractivity contribution in [2.24, 2.45) is 5.14 Å². The van der Waals surface area contributed by atoms with Crippen LogP contribution < -0.4 is 5.14 Å². The normalized spacial score (nSPS) is 11.8. The van der Waals surface area contributed by atoms with Crippen molar-refractivity contribution in [2.75, 3.05) is 0 Å². The number of aryl methyl sites for hydroxylation is 1. The van der Waals surface area contributed by atoms with Crippen molar-refractivity contribution in [3.63, 3.8) is 0 Å². The van der Waals surface area contributed by atoms with Crippen molar-refractivity contribution in [3.05, 3.63) is 28.3 Å². The second kappa shape index (κ2) is 5.85. The van der Waals surface area contributed by atoms with Gasteiger partial charge >= 0.3 is 0 Å². The molecule has 0 saturated carbocycles. The number of rotatable bonds is 5. The Balaban J connectivity index is 3.75. The van der Waals surface area contributed by atoms with Crippen LogP contribution >= 0.6 is 0 Å². The second-order valence-corrected chi connectivity index (χ2v) is 5.96. The van der Waals surface area contributed by atoms with Crippen LogP contribution in [0.1, 0.15) is 49.9 Å². The minimum absolute atomic E-state index is 0.316. The van der Waals surface area contributed by atoms with Gasteiger partial charge in [-0.25, -0.2) is 13.6 Å². The van der Waals surface area contributed by atoms with Crippen LogP contribution in [0, 0.1) is 0 Å². The molecule has 102 valence electrons. The Bertz CT molecular complexity index is 533. The molecule has 0 aliphatic rings. The fourth-order valence-corrected chi connectivity index (χ4v) is 3.60. The molecule has 3 nitrogen and oxygen atoms in total. The van der Waals surface area contributed by atoms with Gasteiger partial charge in [-0.3, -0.25) is 0 Å². The lowest BCUT2D eigenvalue weighted by Gasteiger charge is -2.19. The standard InChI is InChI=1S/C14H23NO2S/c1-5-10-9-14(18(15,16)17)13(8-4)12(7-3)11(10)6-2/h9H,5-8H2,1-4H3,(H2,15,16,17). The van der Waals surface area contributed by atoms with Crippen LogP contribution in [-0.2, 0) is 35.7 Å². The molecule has 0 radical (unpaired) electrons. The van der Waals surface area contributed by atoms with Gasteiger partial charge in [0, 0.05) is 0 Å². The summed E-state index contributed by atoms with van der Waals surface area (Å²) in [5, 5.41) is 5.34. The monoisotopic (exact) mass is 269 g/mol. The molecule has 1 aromatic carbocycles. The van der Waals surface area contributed by atoms with Gasteiger partial charge in [0.05, 0.1) is 4.90 Å². The van der Waals surface area contributed by atoms with Crippen molar-refractivity contribution in [1.29, 1.82) is 0 Å². The Hall–Kier alpha value is -0.870. The third kappa shape index (κ3) is 2.75. The molecule has 0 aromatic heterocycles. The van der Waals surface area contributed by atoms with Crippen LogP contribution in [-0.4, -0.2) is 8.42 Å². The van der Waals surface area contributed by atoms with Gasteiger partial charge in [0.15, 0.2) is 0 Å². The van der Waals surface area contributed by atoms with Crippen LogP contribution in [0.4, 0.5) is 0 Å². The Labute approximate surface area is 110 Å². The second-order valence-electron chi connectivity index (χ2n) is 4.43. The number of hydrogen-bond donors (Lipinski definition) is 1. The van der Waals surface area contributed by atoms with Gasteiger partial charge in [0.25, 0.3) is 0 Å². The van der Waals surface area contributed by atoms with E-state index in [1.54, 1.807) is 6.07 Å². The van der Waals surface area contributed by atoms with E-state index in [0.717, 1.165) is 30.4 Å². The van der Waals surface area contributed by atoms with E-state index in [9.17, 15) is 8.42 Å². The van der Waals surface area contributed by atoms with E-state index >= 15 is 0 Å². The molecule has 0 spiro atoms. The molecule has 0 amide bonds. The van der Waals surface area contributed by atoms with Gasteiger partial charge in [0.2, 0.25) is 10.0 Å². The molecule has 0 aliphatic carbocycles. The molecule has 0 fully saturated rings. The van der Waals surface area contributed by atoms with E-state index < -0.39 is 10.0 Å². The van der Waals surface area contributed by atoms with Gasteiger partial charge < -0.3 is 0 Å². The molecule has 2 N–H and O–H groups in total. The average molecular weight is 269 g/mol. The zero-order valence-corrected chi connectivity index (χ0v) is 12.5. The van der Waals surface area contributed by atoms with Gasteiger partial charge in [-0.2, -0.15) is 0 Å². The van der Waals surface area contributed by atoms with Gasteiger partial charge in [-0.05, 0) is 54.0 Å². The Morgan fingerprint density at radius 1 is 0.889 bits per heavy atom. The minimum atomic E-state index is -3.64. The average Bonchev–Trinajstić information content (AvgIpc) is 2.34. The van der Waals surface area contributed by atoms with E-state index in [1.165, 1.54) is 11.1 Å². The fraction of sp³-hybridized carbons (Fsp3) is 0.571. The largest absolute Gasteiger partial charge is 0.238 e. The Kier molecular flexibility index (Phi) is 4.93. The summed E-state index contributed by atoms with van der Waals surface area (Å²) in [5.74, 6) is 0. The summed E-state index contributed by atoms with van der Waals surface area (Å²) >= 11 is 0. The first-order valence-corrected chi connectivity index (χ1v) is 8.14. The van der Waals surface area contributed by atoms with Gasteiger partial charge in [-0.15, -0.1) is 0 Å². The first kappa shape index (κ1) is 15.2. The highest BCUT2D eigenvalue weighted by molar-refractivity contribution is 7.89. The smallest absolute Gasteiger partial charge is 0.225 e. The maximum atomic E-state index is 11.7. The third-order valence-electron chi connectivity index (χ3n) is 3.47. The number of sulfonamides is 1. The van der Waals surface area contributed by atoms with Crippen molar-refractivity contribution >= 4 is 10.0 Å². The van der Waals surface area contributed by atoms with Crippen LogP contribution in [0.2, 0.25) is 0 Å². The highest BCUT2D eigenvalue weighted by atomic mass is 32.2. The minimum Gasteiger partial charge on any atom is -0.225 e. The first-order valence-electron chi connectivity index (χ1n) is 6.59. The predicted octanol–water partition coefficient (Wildman–Crippen LogP) is 2.58. The highest BCUT2D eigenvalue weighted by Gasteiger charge is 2.20. The maximum absolute atomic E-state index is 11.7. The van der Waals surface area contributed by atoms with Crippen molar-refractivity contribution in [2.45, 2.75) is 58.3 Å². The molecule has 4 heteroatoms. The van der Waals surface area contributed by atoms with Gasteiger partial charge in [-0.1, -0.05) is 27.7 Å². The summed E-state index contributed by atoms with van der Waals surface area (Å²) in [5.41, 5.74) is 4.47. The highest BCUT2D eigenvalue weighted by Crippen LogP contribution is 2.28. The van der Waals surface area contributed by atoms with Crippen molar-refractivity contribution in [3.8, 4) is 0 Å². The molecule has 0 unspecified atom stereocenters. The van der Waals surface area contributed by atoms with Crippen molar-refractivity contribution < 1.29 is 8.42 Å². The van der Waals surface area contributed by atoms with Crippen LogP contribution in [0.15, 0.2) is 11.0 Å². The van der Waals surface area contributed by atoms with E-state index in [-0.39, 0.29) is 0 Å². The third-order valence-corrected chi connectivity index (χ3v) is 4.44. The van der Waals surface area contributed by atoms with Crippen LogP contribution in [0.25, 0.3) is 0 Å². The van der Waals surface area contributed by atoms with Crippen molar-refractivity contribution in [1.82, 2.24) is 0 Å². The summed E-state index contributed by atoms with van der Waals surface area (Å²) in [6.07, 6.45) is 3.32. The van der Waals surface area contributed by atoms with Crippen LogP contribution in [0.3, 0.4) is 0 Å². The predicted molar refractivity (Wildman–Crippen MR) is 75.3 cm³/mol. The molecule has 0 saturated heterocycles. The Morgan fingerprint density at radius 2 is 1.39 bits per heavy atom. The first-order chi connectivity index (χ1) is 8.40. The quantitative estimate of drug-likeness (QED) is 0.893. The molecule has 0 atom stereocenters. The summed E-state index contributed by atoms with van der Waals surface area (Å²) in [4.78, 5) is 0.316. The van der Waals surface area contributed by atoms with Crippen LogP contribution in [0.5, 0.6) is 0 Å². The zero-order chi connectivity index (χ0) is 13.9. The molecule has 0 bridgehead atoms. The van der Waals surface area contributed by atoms with E-state index in [2.05, 4.69) is 13.8 Å². The summed E-state index contributed by atoms with van der Waals surface area (Å²) in [6, 6.07) is 1.77. The number of hydrogen-bond acceptors (Lipinski definition) is 2. The maximum Gasteiger partial charge on any atom is 0.238 e. The summed E-state index contributed by atoms with van der Waals surface area (Å²) < 4.78 is 23.5. The number of benzene rings is 1. The SMILES string of the molecule is CCc1cc(S(N)(=O)=O)c(CC)c(CC)c1CC. The molecular weight excluding hydrogens is 246 g/mol. The molecule has 1 aromatic rings. The number of nitrogens with two attached hydrogens (primary N) is 1. The fourth-order valence-electron chi connectivity index (χ4n) is 2.68. The lowest BCUT2D eigenvalue weighted by atomic mass is 9.90. The summed E-state index contributed by atoms with van der Waals surface area (Å²) in [7, 11) is -3.64. The van der Waals surface area contributed by atoms with E-state index in [4.69, 9.17) is 5.14 Å². The topological polar surface area (TPSA) is 60.2 Å².